The smallest absolute Gasteiger partial charge is 0.216 e. The first-order valence-corrected chi connectivity index (χ1v) is 23.1. The number of hydrogen-bond donors (Lipinski definition) is 0. The Kier molecular flexibility index (Phi) is 11.2. The van der Waals surface area contributed by atoms with Gasteiger partial charge in [0.1, 0.15) is 0 Å². The van der Waals surface area contributed by atoms with E-state index in [2.05, 4.69) is 131 Å². The monoisotopic (exact) mass is 949 g/mol. The van der Waals surface area contributed by atoms with Crippen molar-refractivity contribution in [1.82, 2.24) is 19.5 Å². The summed E-state index contributed by atoms with van der Waals surface area (Å²) < 4.78 is 25.9. The third kappa shape index (κ3) is 8.62. The van der Waals surface area contributed by atoms with Crippen LogP contribution < -0.4 is 5.19 Å². The molecule has 0 saturated heterocycles. The molecule has 4 aromatic heterocycles. The van der Waals surface area contributed by atoms with Crippen molar-refractivity contribution in [2.45, 2.75) is 93.7 Å². The fourth-order valence-corrected chi connectivity index (χ4v) is 8.94. The van der Waals surface area contributed by atoms with Gasteiger partial charge >= 0.3 is 0 Å². The SMILES string of the molecule is Cc1cc(C)c(-n2c(-c3[c-]ccc4c3oc3nc(C)ccc34)nc3ccccc32)c(C)c1.[2H]C([2H])(c1cc(-c2[c-]ccc(C(C)(C)C)c2)ncc1[Si](C)(C)C)C(C)C.[Ir]. The van der Waals surface area contributed by atoms with Crippen molar-refractivity contribution in [1.29, 1.82) is 0 Å². The average Bonchev–Trinajstić information content (AvgIpc) is 3.72. The van der Waals surface area contributed by atoms with Gasteiger partial charge < -0.3 is 14.0 Å². The normalized spacial score (nSPS) is 12.7. The molecule has 5 nitrogen and oxygen atoms in total. The number of hydrogen-bond acceptors (Lipinski definition) is 4. The van der Waals surface area contributed by atoms with Gasteiger partial charge in [0.15, 0.2) is 0 Å². The maximum absolute atomic E-state index is 8.69. The number of aryl methyl sites for hydroxylation is 4. The third-order valence-electron chi connectivity index (χ3n) is 10.2. The Balaban J connectivity index is 0.000000200. The molecule has 8 rings (SSSR count). The van der Waals surface area contributed by atoms with E-state index in [4.69, 9.17) is 17.1 Å². The maximum Gasteiger partial charge on any atom is 0.216 e. The van der Waals surface area contributed by atoms with Crippen molar-refractivity contribution < 1.29 is 27.3 Å². The quantitative estimate of drug-likeness (QED) is 0.123. The molecule has 4 heterocycles. The van der Waals surface area contributed by atoms with Crippen LogP contribution in [0.3, 0.4) is 0 Å². The van der Waals surface area contributed by atoms with Crippen LogP contribution in [-0.4, -0.2) is 27.6 Å². The molecule has 295 valence electrons. The standard InChI is InChI=1S/C28H22N3O.C22H32NSi.Ir/c1-16-14-17(2)25(18(3)15-16)31-24-11-6-5-10-23(24)30-27(31)22-9-7-8-20-21-13-12-19(4)29-28(21)32-26(20)22;1-16(2)12-18-14-20(23-15-21(18)24(6,7)8)17-10-9-11-19(13-17)22(3,4)5;/h5-8,10-15H,1-4H3;9,11,13-16H,12H2,1-8H3;/q2*-1;/i;12D2;. The van der Waals surface area contributed by atoms with Gasteiger partial charge in [-0.3, -0.25) is 4.98 Å². The minimum absolute atomic E-state index is 0. The minimum atomic E-state index is -1.71. The largest absolute Gasteiger partial charge is 0.486 e. The van der Waals surface area contributed by atoms with E-state index in [0.29, 0.717) is 5.71 Å². The number of aromatic nitrogens is 4. The Morgan fingerprint density at radius 1 is 0.842 bits per heavy atom. The molecule has 7 heteroatoms. The van der Waals surface area contributed by atoms with Crippen LogP contribution in [0.1, 0.15) is 70.9 Å². The maximum atomic E-state index is 8.69. The Morgan fingerprint density at radius 2 is 1.54 bits per heavy atom. The van der Waals surface area contributed by atoms with E-state index in [0.717, 1.165) is 72.2 Å². The molecule has 1 radical (unpaired) electrons. The van der Waals surface area contributed by atoms with Gasteiger partial charge in [-0.2, -0.15) is 0 Å². The first-order chi connectivity index (χ1) is 27.3. The molecule has 8 aromatic rings. The van der Waals surface area contributed by atoms with Crippen LogP contribution in [0.4, 0.5) is 0 Å². The van der Waals surface area contributed by atoms with Crippen molar-refractivity contribution in [3.8, 4) is 28.3 Å². The van der Waals surface area contributed by atoms with Crippen LogP contribution in [-0.2, 0) is 31.9 Å². The summed E-state index contributed by atoms with van der Waals surface area (Å²) in [7, 11) is -1.71. The first kappa shape index (κ1) is 39.2. The van der Waals surface area contributed by atoms with Crippen molar-refractivity contribution in [3.05, 3.63) is 137 Å². The zero-order valence-corrected chi connectivity index (χ0v) is 38.7. The zero-order valence-electron chi connectivity index (χ0n) is 37.3. The first-order valence-electron chi connectivity index (χ1n) is 20.6. The summed E-state index contributed by atoms with van der Waals surface area (Å²) in [6.45, 7) is 25.6. The molecule has 57 heavy (non-hydrogen) atoms. The number of benzene rings is 4. The molecule has 4 aromatic carbocycles. The van der Waals surface area contributed by atoms with Crippen molar-refractivity contribution in [2.75, 3.05) is 0 Å². The van der Waals surface area contributed by atoms with Gasteiger partial charge in [0, 0.05) is 45.8 Å². The van der Waals surface area contributed by atoms with Crippen LogP contribution in [0.2, 0.25) is 19.6 Å². The summed E-state index contributed by atoms with van der Waals surface area (Å²) in [5.41, 5.74) is 13.8. The molecule has 0 saturated carbocycles. The second-order valence-electron chi connectivity index (χ2n) is 17.4. The average molecular weight is 949 g/mol. The van der Waals surface area contributed by atoms with Gasteiger partial charge in [-0.1, -0.05) is 107 Å². The molecular formula is C50H54IrN4OSi-2. The number of imidazole rings is 1. The molecule has 0 aliphatic carbocycles. The minimum Gasteiger partial charge on any atom is -0.486 e. The van der Waals surface area contributed by atoms with Crippen molar-refractivity contribution >= 4 is 46.4 Å². The van der Waals surface area contributed by atoms with E-state index in [-0.39, 0.29) is 31.4 Å². The van der Waals surface area contributed by atoms with E-state index in [9.17, 15) is 0 Å². The Morgan fingerprint density at radius 3 is 2.23 bits per heavy atom. The molecule has 0 spiro atoms. The molecule has 0 atom stereocenters. The molecule has 0 fully saturated rings. The van der Waals surface area contributed by atoms with Gasteiger partial charge in [0.05, 0.1) is 30.5 Å². The van der Waals surface area contributed by atoms with Gasteiger partial charge in [0.25, 0.3) is 0 Å². The van der Waals surface area contributed by atoms with E-state index in [1.54, 1.807) is 0 Å². The second-order valence-corrected chi connectivity index (χ2v) is 22.5. The Bertz CT molecular complexity index is 2800. The summed E-state index contributed by atoms with van der Waals surface area (Å²) in [5, 5.41) is 3.13. The molecular weight excluding hydrogens is 893 g/mol. The Labute approximate surface area is 356 Å². The molecule has 0 N–H and O–H groups in total. The summed E-state index contributed by atoms with van der Waals surface area (Å²) in [4.78, 5) is 14.4. The molecule has 0 aliphatic rings. The molecule has 0 unspecified atom stereocenters. The van der Waals surface area contributed by atoms with E-state index in [1.807, 2.05) is 63.4 Å². The number of rotatable bonds is 6. The topological polar surface area (TPSA) is 56.7 Å². The predicted molar refractivity (Wildman–Crippen MR) is 238 cm³/mol. The fourth-order valence-electron chi connectivity index (χ4n) is 7.54. The van der Waals surface area contributed by atoms with E-state index >= 15 is 0 Å². The van der Waals surface area contributed by atoms with Gasteiger partial charge in [0.2, 0.25) is 5.71 Å². The Hall–Kier alpha value is -4.68. The fraction of sp³-hybridized carbons (Fsp3) is 0.300. The van der Waals surface area contributed by atoms with Gasteiger partial charge in [-0.15, -0.1) is 53.6 Å². The summed E-state index contributed by atoms with van der Waals surface area (Å²) in [5.74, 6) is 0.723. The third-order valence-corrected chi connectivity index (χ3v) is 12.2. The number of pyridine rings is 2. The molecule has 0 bridgehead atoms. The summed E-state index contributed by atoms with van der Waals surface area (Å²) in [6.07, 6.45) is 0.531. The van der Waals surface area contributed by atoms with Crippen molar-refractivity contribution in [3.63, 3.8) is 0 Å². The van der Waals surface area contributed by atoms with Crippen LogP contribution in [0.25, 0.3) is 61.4 Å². The number of fused-ring (bicyclic) bond motifs is 4. The van der Waals surface area contributed by atoms with Gasteiger partial charge in [-0.05, 0) is 91.7 Å². The zero-order chi connectivity index (χ0) is 41.9. The van der Waals surface area contributed by atoms with Crippen LogP contribution in [0.5, 0.6) is 0 Å². The van der Waals surface area contributed by atoms with Crippen LogP contribution in [0, 0.1) is 45.7 Å². The second kappa shape index (κ2) is 16.3. The summed E-state index contributed by atoms with van der Waals surface area (Å²) >= 11 is 0. The van der Waals surface area contributed by atoms with E-state index < -0.39 is 14.4 Å². The number of furan rings is 1. The van der Waals surface area contributed by atoms with Gasteiger partial charge in [-0.25, -0.2) is 4.98 Å². The number of nitrogens with zero attached hydrogens (tertiary/aromatic N) is 4. The van der Waals surface area contributed by atoms with E-state index in [1.165, 1.54) is 22.3 Å². The van der Waals surface area contributed by atoms with Crippen LogP contribution >= 0.6 is 0 Å². The summed E-state index contributed by atoms with van der Waals surface area (Å²) in [6, 6.07) is 35.6. The van der Waals surface area contributed by atoms with Crippen molar-refractivity contribution in [2.24, 2.45) is 5.92 Å². The number of para-hydroxylation sites is 2. The molecule has 0 amide bonds. The van der Waals surface area contributed by atoms with Crippen LogP contribution in [0.15, 0.2) is 95.5 Å². The molecule has 0 aliphatic heterocycles. The predicted octanol–water partition coefficient (Wildman–Crippen LogP) is 12.6.